The largest absolute Gasteiger partial charge is 0.490 e. The van der Waals surface area contributed by atoms with Gasteiger partial charge in [0.2, 0.25) is 0 Å². The van der Waals surface area contributed by atoms with Gasteiger partial charge in [-0.15, -0.1) is 23.4 Å². The van der Waals surface area contributed by atoms with E-state index in [0.717, 1.165) is 49.2 Å². The summed E-state index contributed by atoms with van der Waals surface area (Å²) in [5, 5.41) is 0. The van der Waals surface area contributed by atoms with Gasteiger partial charge in [0.15, 0.2) is 11.5 Å². The van der Waals surface area contributed by atoms with Crippen molar-refractivity contribution >= 4 is 23.4 Å². The van der Waals surface area contributed by atoms with Gasteiger partial charge in [0.1, 0.15) is 0 Å². The summed E-state index contributed by atoms with van der Waals surface area (Å²) in [5.41, 5.74) is 0. The molecule has 1 aliphatic rings. The number of unbranched alkanes of at least 4 members (excludes halogenated alkanes) is 3. The Labute approximate surface area is 124 Å². The number of halogens is 1. The summed E-state index contributed by atoms with van der Waals surface area (Å²) in [7, 11) is 0. The maximum absolute atomic E-state index is 5.70. The van der Waals surface area contributed by atoms with Crippen LogP contribution in [0.25, 0.3) is 0 Å². The minimum Gasteiger partial charge on any atom is -0.490 e. The van der Waals surface area contributed by atoms with Gasteiger partial charge < -0.3 is 9.47 Å². The van der Waals surface area contributed by atoms with E-state index in [2.05, 4.69) is 12.1 Å². The predicted molar refractivity (Wildman–Crippen MR) is 82.0 cm³/mol. The Morgan fingerprint density at radius 1 is 1.00 bits per heavy atom. The fourth-order valence-corrected chi connectivity index (χ4v) is 3.10. The lowest BCUT2D eigenvalue weighted by molar-refractivity contribution is 0.297. The van der Waals surface area contributed by atoms with Gasteiger partial charge in [0.05, 0.1) is 13.2 Å². The minimum absolute atomic E-state index is 0.750. The summed E-state index contributed by atoms with van der Waals surface area (Å²) in [6, 6.07) is 6.25. The third kappa shape index (κ3) is 5.15. The molecule has 106 valence electrons. The molecule has 1 aromatic carbocycles. The van der Waals surface area contributed by atoms with Crippen LogP contribution < -0.4 is 9.47 Å². The van der Waals surface area contributed by atoms with E-state index >= 15 is 0 Å². The number of fused-ring (bicyclic) bond motifs is 1. The molecule has 0 saturated carbocycles. The van der Waals surface area contributed by atoms with Crippen LogP contribution in [0.2, 0.25) is 0 Å². The molecule has 0 aromatic heterocycles. The molecule has 2 rings (SSSR count). The van der Waals surface area contributed by atoms with Crippen molar-refractivity contribution in [3.63, 3.8) is 0 Å². The normalized spacial score (nSPS) is 14.2. The molecule has 0 atom stereocenters. The topological polar surface area (TPSA) is 18.5 Å². The van der Waals surface area contributed by atoms with Crippen molar-refractivity contribution in [2.75, 3.05) is 24.8 Å². The summed E-state index contributed by atoms with van der Waals surface area (Å²) >= 11 is 7.55. The van der Waals surface area contributed by atoms with Crippen LogP contribution in [0.1, 0.15) is 32.1 Å². The van der Waals surface area contributed by atoms with Crippen LogP contribution in [0.3, 0.4) is 0 Å². The van der Waals surface area contributed by atoms with E-state index in [4.69, 9.17) is 21.1 Å². The highest BCUT2D eigenvalue weighted by Gasteiger charge is 2.10. The summed E-state index contributed by atoms with van der Waals surface area (Å²) < 4.78 is 11.3. The molecular formula is C15H21ClO2S. The first kappa shape index (κ1) is 14.9. The number of thioether (sulfide) groups is 1. The van der Waals surface area contributed by atoms with Crippen LogP contribution in [-0.4, -0.2) is 24.8 Å². The van der Waals surface area contributed by atoms with E-state index < -0.39 is 0 Å². The van der Waals surface area contributed by atoms with E-state index in [1.54, 1.807) is 0 Å². The molecule has 0 fully saturated rings. The van der Waals surface area contributed by atoms with Crippen LogP contribution in [0.4, 0.5) is 0 Å². The third-order valence-electron chi connectivity index (χ3n) is 3.02. The van der Waals surface area contributed by atoms with Gasteiger partial charge in [-0.2, -0.15) is 0 Å². The Hall–Kier alpha value is -0.540. The maximum atomic E-state index is 5.70. The van der Waals surface area contributed by atoms with Gasteiger partial charge in [-0.05, 0) is 36.8 Å². The van der Waals surface area contributed by atoms with Gasteiger partial charge in [-0.1, -0.05) is 12.8 Å². The number of benzene rings is 1. The van der Waals surface area contributed by atoms with Gasteiger partial charge in [-0.25, -0.2) is 0 Å². The van der Waals surface area contributed by atoms with Crippen LogP contribution >= 0.6 is 23.4 Å². The number of hydrogen-bond donors (Lipinski definition) is 0. The summed E-state index contributed by atoms with van der Waals surface area (Å²) in [6.07, 6.45) is 5.85. The van der Waals surface area contributed by atoms with E-state index in [0.29, 0.717) is 0 Å². The SMILES string of the molecule is ClCCCCCCSc1ccc2c(c1)OCCCO2. The molecule has 0 unspecified atom stereocenters. The highest BCUT2D eigenvalue weighted by Crippen LogP contribution is 2.34. The molecule has 0 N–H and O–H groups in total. The Balaban J connectivity index is 1.76. The second-order valence-electron chi connectivity index (χ2n) is 4.61. The lowest BCUT2D eigenvalue weighted by atomic mass is 10.2. The first-order valence-corrected chi connectivity index (χ1v) is 8.50. The Kier molecular flexibility index (Phi) is 6.72. The van der Waals surface area contributed by atoms with E-state index in [9.17, 15) is 0 Å². The number of alkyl halides is 1. The Morgan fingerprint density at radius 2 is 1.79 bits per heavy atom. The minimum atomic E-state index is 0.750. The molecule has 0 amide bonds. The Morgan fingerprint density at radius 3 is 2.63 bits per heavy atom. The van der Waals surface area contributed by atoms with Crippen molar-refractivity contribution in [1.29, 1.82) is 0 Å². The van der Waals surface area contributed by atoms with Crippen molar-refractivity contribution in [2.24, 2.45) is 0 Å². The second kappa shape index (κ2) is 8.60. The quantitative estimate of drug-likeness (QED) is 0.412. The molecule has 1 aliphatic heterocycles. The van der Waals surface area contributed by atoms with E-state index in [1.807, 2.05) is 17.8 Å². The molecule has 1 heterocycles. The number of hydrogen-bond acceptors (Lipinski definition) is 3. The maximum Gasteiger partial charge on any atom is 0.162 e. The molecular weight excluding hydrogens is 280 g/mol. The Bertz CT molecular complexity index is 384. The molecule has 0 bridgehead atoms. The number of rotatable bonds is 7. The summed E-state index contributed by atoms with van der Waals surface area (Å²) in [6.45, 7) is 1.50. The smallest absolute Gasteiger partial charge is 0.162 e. The first-order valence-electron chi connectivity index (χ1n) is 6.98. The molecule has 0 radical (unpaired) electrons. The van der Waals surface area contributed by atoms with Crippen molar-refractivity contribution in [3.8, 4) is 11.5 Å². The van der Waals surface area contributed by atoms with Crippen molar-refractivity contribution in [2.45, 2.75) is 37.0 Å². The molecule has 1 aromatic rings. The van der Waals surface area contributed by atoms with Crippen molar-refractivity contribution < 1.29 is 9.47 Å². The lowest BCUT2D eigenvalue weighted by Gasteiger charge is -2.09. The molecule has 0 spiro atoms. The molecule has 0 saturated heterocycles. The molecule has 4 heteroatoms. The zero-order valence-corrected chi connectivity index (χ0v) is 12.8. The van der Waals surface area contributed by atoms with Crippen LogP contribution in [0.5, 0.6) is 11.5 Å². The second-order valence-corrected chi connectivity index (χ2v) is 6.16. The standard InChI is InChI=1S/C15H21ClO2S/c16-8-3-1-2-4-11-19-13-6-7-14-15(12-13)18-10-5-9-17-14/h6-7,12H,1-5,8-11H2. The first-order chi connectivity index (χ1) is 9.40. The van der Waals surface area contributed by atoms with Gasteiger partial charge in [0.25, 0.3) is 0 Å². The third-order valence-corrected chi connectivity index (χ3v) is 4.36. The molecule has 19 heavy (non-hydrogen) atoms. The van der Waals surface area contributed by atoms with E-state index in [-0.39, 0.29) is 0 Å². The fraction of sp³-hybridized carbons (Fsp3) is 0.600. The van der Waals surface area contributed by atoms with Crippen LogP contribution in [0, 0.1) is 0 Å². The fourth-order valence-electron chi connectivity index (χ4n) is 1.97. The highest BCUT2D eigenvalue weighted by molar-refractivity contribution is 7.99. The zero-order chi connectivity index (χ0) is 13.3. The summed E-state index contributed by atoms with van der Waals surface area (Å²) in [4.78, 5) is 1.27. The zero-order valence-electron chi connectivity index (χ0n) is 11.2. The summed E-state index contributed by atoms with van der Waals surface area (Å²) in [5.74, 6) is 3.71. The van der Waals surface area contributed by atoms with E-state index in [1.165, 1.54) is 24.2 Å². The number of ether oxygens (including phenoxy) is 2. The van der Waals surface area contributed by atoms with Crippen LogP contribution in [-0.2, 0) is 0 Å². The van der Waals surface area contributed by atoms with Crippen molar-refractivity contribution in [1.82, 2.24) is 0 Å². The average molecular weight is 301 g/mol. The van der Waals surface area contributed by atoms with Crippen LogP contribution in [0.15, 0.2) is 23.1 Å². The molecule has 2 nitrogen and oxygen atoms in total. The monoisotopic (exact) mass is 300 g/mol. The molecule has 0 aliphatic carbocycles. The van der Waals surface area contributed by atoms with Crippen molar-refractivity contribution in [3.05, 3.63) is 18.2 Å². The predicted octanol–water partition coefficient (Wildman–Crippen LogP) is 4.74. The highest BCUT2D eigenvalue weighted by atomic mass is 35.5. The van der Waals surface area contributed by atoms with Gasteiger partial charge in [-0.3, -0.25) is 0 Å². The van der Waals surface area contributed by atoms with Gasteiger partial charge in [0, 0.05) is 17.2 Å². The lowest BCUT2D eigenvalue weighted by Crippen LogP contribution is -1.97. The average Bonchev–Trinajstić information content (AvgIpc) is 2.67. The van der Waals surface area contributed by atoms with Gasteiger partial charge >= 0.3 is 0 Å².